The second-order valence-corrected chi connectivity index (χ2v) is 7.92. The second kappa shape index (κ2) is 7.24. The maximum Gasteiger partial charge on any atom is 0.138 e. The van der Waals surface area contributed by atoms with Crippen LogP contribution < -0.4 is 4.74 Å². The first kappa shape index (κ1) is 17.9. The van der Waals surface area contributed by atoms with E-state index in [-0.39, 0.29) is 5.38 Å². The largest absolute Gasteiger partial charge is 0.495 e. The molecule has 0 bridgehead atoms. The molecule has 2 atom stereocenters. The number of alkyl halides is 1. The van der Waals surface area contributed by atoms with Crippen LogP contribution in [-0.4, -0.2) is 7.11 Å². The highest BCUT2D eigenvalue weighted by atomic mass is 35.5. The molecule has 1 aromatic carbocycles. The Kier molecular flexibility index (Phi) is 6.50. The van der Waals surface area contributed by atoms with Crippen LogP contribution in [0.4, 0.5) is 0 Å². The van der Waals surface area contributed by atoms with E-state index < -0.39 is 0 Å². The van der Waals surface area contributed by atoms with Gasteiger partial charge in [0.05, 0.1) is 17.5 Å². The molecule has 1 aromatic rings. The zero-order valence-corrected chi connectivity index (χ0v) is 15.0. The van der Waals surface area contributed by atoms with Crippen molar-refractivity contribution in [2.24, 2.45) is 11.3 Å². The number of halogens is 3. The predicted octanol–water partition coefficient (Wildman–Crippen LogP) is 6.74. The normalized spacial score (nSPS) is 15.0. The molecule has 0 amide bonds. The Morgan fingerprint density at radius 3 is 2.25 bits per heavy atom. The van der Waals surface area contributed by atoms with Crippen molar-refractivity contribution < 1.29 is 4.74 Å². The van der Waals surface area contributed by atoms with Crippen LogP contribution in [0.5, 0.6) is 5.75 Å². The average molecular weight is 338 g/mol. The maximum absolute atomic E-state index is 6.52. The van der Waals surface area contributed by atoms with Gasteiger partial charge in [-0.25, -0.2) is 0 Å². The Morgan fingerprint density at radius 1 is 1.15 bits per heavy atom. The summed E-state index contributed by atoms with van der Waals surface area (Å²) < 4.78 is 5.15. The SMILES string of the molecule is COc1cc(Cl)c(C(Cl)CC(C)CC(C)(C)C)cc1Cl. The van der Waals surface area contributed by atoms with Gasteiger partial charge in [0.2, 0.25) is 0 Å². The molecule has 0 fully saturated rings. The Labute approximate surface area is 137 Å². The molecule has 20 heavy (non-hydrogen) atoms. The van der Waals surface area contributed by atoms with Crippen LogP contribution in [0.1, 0.15) is 51.5 Å². The van der Waals surface area contributed by atoms with Crippen molar-refractivity contribution in [1.29, 1.82) is 0 Å². The lowest BCUT2D eigenvalue weighted by atomic mass is 9.83. The number of benzene rings is 1. The first-order valence-corrected chi connectivity index (χ1v) is 8.00. The van der Waals surface area contributed by atoms with Crippen LogP contribution in [0, 0.1) is 11.3 Å². The second-order valence-electron chi connectivity index (χ2n) is 6.58. The summed E-state index contributed by atoms with van der Waals surface area (Å²) >= 11 is 18.9. The molecule has 0 saturated carbocycles. The molecule has 0 N–H and O–H groups in total. The Morgan fingerprint density at radius 2 is 1.75 bits per heavy atom. The van der Waals surface area contributed by atoms with Gasteiger partial charge in [-0.05, 0) is 35.8 Å². The van der Waals surface area contributed by atoms with E-state index in [1.807, 2.05) is 6.07 Å². The minimum atomic E-state index is -0.136. The summed E-state index contributed by atoms with van der Waals surface area (Å²) in [7, 11) is 1.57. The lowest BCUT2D eigenvalue weighted by Gasteiger charge is -2.25. The van der Waals surface area contributed by atoms with Crippen LogP contribution in [-0.2, 0) is 0 Å². The number of methoxy groups -OCH3 is 1. The van der Waals surface area contributed by atoms with Crippen molar-refractivity contribution in [3.63, 3.8) is 0 Å². The predicted molar refractivity (Wildman–Crippen MR) is 89.5 cm³/mol. The molecule has 0 heterocycles. The van der Waals surface area contributed by atoms with Gasteiger partial charge >= 0.3 is 0 Å². The number of rotatable bonds is 5. The molecule has 4 heteroatoms. The third kappa shape index (κ3) is 5.35. The van der Waals surface area contributed by atoms with Gasteiger partial charge < -0.3 is 4.74 Å². The van der Waals surface area contributed by atoms with E-state index >= 15 is 0 Å². The summed E-state index contributed by atoms with van der Waals surface area (Å²) in [6.07, 6.45) is 2.00. The van der Waals surface area contributed by atoms with Crippen LogP contribution in [0.15, 0.2) is 12.1 Å². The van der Waals surface area contributed by atoms with Gasteiger partial charge in [-0.3, -0.25) is 0 Å². The topological polar surface area (TPSA) is 9.23 Å². The third-order valence-electron chi connectivity index (χ3n) is 3.18. The molecule has 1 rings (SSSR count). The molecular formula is C16H23Cl3O. The molecule has 0 aromatic heterocycles. The molecule has 0 radical (unpaired) electrons. The van der Waals surface area contributed by atoms with E-state index in [1.54, 1.807) is 13.2 Å². The van der Waals surface area contributed by atoms with Gasteiger partial charge in [0.15, 0.2) is 0 Å². The summed E-state index contributed by atoms with van der Waals surface area (Å²) in [5, 5.41) is 1.01. The summed E-state index contributed by atoms with van der Waals surface area (Å²) in [4.78, 5) is 0. The Bertz CT molecular complexity index is 452. The van der Waals surface area contributed by atoms with E-state index in [0.717, 1.165) is 18.4 Å². The molecule has 1 nitrogen and oxygen atoms in total. The lowest BCUT2D eigenvalue weighted by molar-refractivity contribution is 0.295. The minimum Gasteiger partial charge on any atom is -0.495 e. The molecule has 0 aliphatic heterocycles. The van der Waals surface area contributed by atoms with Crippen molar-refractivity contribution >= 4 is 34.8 Å². The van der Waals surface area contributed by atoms with Gasteiger partial charge in [0, 0.05) is 11.1 Å². The molecule has 0 aliphatic carbocycles. The van der Waals surface area contributed by atoms with Crippen molar-refractivity contribution in [3.8, 4) is 5.75 Å². The van der Waals surface area contributed by atoms with Crippen LogP contribution in [0.2, 0.25) is 10.0 Å². The fraction of sp³-hybridized carbons (Fsp3) is 0.625. The molecular weight excluding hydrogens is 315 g/mol. The average Bonchev–Trinajstić information content (AvgIpc) is 2.28. The monoisotopic (exact) mass is 336 g/mol. The third-order valence-corrected chi connectivity index (χ3v) is 4.21. The molecule has 2 unspecified atom stereocenters. The number of hydrogen-bond acceptors (Lipinski definition) is 1. The van der Waals surface area contributed by atoms with E-state index in [4.69, 9.17) is 39.5 Å². The molecule has 114 valence electrons. The Hall–Kier alpha value is -0.110. The smallest absolute Gasteiger partial charge is 0.138 e. The summed E-state index contributed by atoms with van der Waals surface area (Å²) in [5.74, 6) is 1.10. The van der Waals surface area contributed by atoms with E-state index in [1.165, 1.54) is 0 Å². The van der Waals surface area contributed by atoms with Gasteiger partial charge in [0.1, 0.15) is 5.75 Å². The maximum atomic E-state index is 6.52. The summed E-state index contributed by atoms with van der Waals surface area (Å²) in [6, 6.07) is 3.53. The van der Waals surface area contributed by atoms with Crippen molar-refractivity contribution in [1.82, 2.24) is 0 Å². The molecule has 0 spiro atoms. The first-order valence-electron chi connectivity index (χ1n) is 6.81. The number of hydrogen-bond donors (Lipinski definition) is 0. The van der Waals surface area contributed by atoms with Gasteiger partial charge in [-0.2, -0.15) is 0 Å². The Balaban J connectivity index is 2.82. The van der Waals surface area contributed by atoms with E-state index in [9.17, 15) is 0 Å². The summed E-state index contributed by atoms with van der Waals surface area (Å²) in [6.45, 7) is 8.94. The van der Waals surface area contributed by atoms with Crippen molar-refractivity contribution in [3.05, 3.63) is 27.7 Å². The zero-order valence-electron chi connectivity index (χ0n) is 12.8. The highest BCUT2D eigenvalue weighted by Crippen LogP contribution is 2.40. The highest BCUT2D eigenvalue weighted by molar-refractivity contribution is 6.35. The van der Waals surface area contributed by atoms with Crippen LogP contribution in [0.3, 0.4) is 0 Å². The van der Waals surface area contributed by atoms with Gasteiger partial charge in [-0.15, -0.1) is 11.6 Å². The quantitative estimate of drug-likeness (QED) is 0.540. The van der Waals surface area contributed by atoms with Crippen molar-refractivity contribution in [2.75, 3.05) is 7.11 Å². The van der Waals surface area contributed by atoms with Crippen molar-refractivity contribution in [2.45, 2.75) is 45.9 Å². The fourth-order valence-electron chi connectivity index (χ4n) is 2.55. The van der Waals surface area contributed by atoms with Crippen LogP contribution >= 0.6 is 34.8 Å². The highest BCUT2D eigenvalue weighted by Gasteiger charge is 2.21. The van der Waals surface area contributed by atoms with E-state index in [0.29, 0.717) is 27.1 Å². The first-order chi connectivity index (χ1) is 9.14. The fourth-order valence-corrected chi connectivity index (χ4v) is 3.62. The zero-order chi connectivity index (χ0) is 15.5. The van der Waals surface area contributed by atoms with Gasteiger partial charge in [-0.1, -0.05) is 50.9 Å². The molecule has 0 saturated heterocycles. The standard InChI is InChI=1S/C16H23Cl3O/c1-10(9-16(2,3)4)6-12(17)11-7-14(19)15(20-5)8-13(11)18/h7-8,10,12H,6,9H2,1-5H3. The van der Waals surface area contributed by atoms with Crippen LogP contribution in [0.25, 0.3) is 0 Å². The minimum absolute atomic E-state index is 0.136. The summed E-state index contributed by atoms with van der Waals surface area (Å²) in [5.41, 5.74) is 1.18. The molecule has 0 aliphatic rings. The lowest BCUT2D eigenvalue weighted by Crippen LogP contribution is -2.12. The number of ether oxygens (including phenoxy) is 1. The van der Waals surface area contributed by atoms with E-state index in [2.05, 4.69) is 27.7 Å². The van der Waals surface area contributed by atoms with Gasteiger partial charge in [0.25, 0.3) is 0 Å².